The molecule has 0 bridgehead atoms. The van der Waals surface area contributed by atoms with E-state index in [0.29, 0.717) is 12.0 Å². The predicted octanol–water partition coefficient (Wildman–Crippen LogP) is 6.58. The van der Waals surface area contributed by atoms with Crippen LogP contribution in [0.25, 0.3) is 0 Å². The van der Waals surface area contributed by atoms with E-state index in [4.69, 9.17) is 5.11 Å². The lowest BCUT2D eigenvalue weighted by molar-refractivity contribution is -0.890. The molecule has 0 rings (SSSR count). The fourth-order valence-corrected chi connectivity index (χ4v) is 3.39. The van der Waals surface area contributed by atoms with Crippen LogP contribution < -0.4 is 0 Å². The second-order valence-electron chi connectivity index (χ2n) is 8.64. The summed E-state index contributed by atoms with van der Waals surface area (Å²) in [5.41, 5.74) is 0.331. The van der Waals surface area contributed by atoms with Crippen molar-refractivity contribution in [3.8, 4) is 0 Å². The van der Waals surface area contributed by atoms with Crippen molar-refractivity contribution in [3.63, 3.8) is 0 Å². The minimum atomic E-state index is -0.860. The highest BCUT2D eigenvalue weighted by Crippen LogP contribution is 2.14. The molecule has 1 N–H and O–H groups in total. The van der Waals surface area contributed by atoms with Gasteiger partial charge >= 0.3 is 5.97 Å². The van der Waals surface area contributed by atoms with E-state index in [-0.39, 0.29) is 0 Å². The Morgan fingerprint density at radius 1 is 0.731 bits per heavy atom. The van der Waals surface area contributed by atoms with Gasteiger partial charge in [0.05, 0.1) is 27.2 Å². The van der Waals surface area contributed by atoms with E-state index in [1.807, 2.05) is 0 Å². The van der Waals surface area contributed by atoms with E-state index in [9.17, 15) is 4.79 Å². The molecule has 3 heteroatoms. The third-order valence-corrected chi connectivity index (χ3v) is 5.44. The largest absolute Gasteiger partial charge is 0.478 e. The number of quaternary nitrogens is 1. The number of nitrogens with zero attached hydrogens (tertiary/aromatic N) is 1. The highest BCUT2D eigenvalue weighted by molar-refractivity contribution is 5.85. The van der Waals surface area contributed by atoms with Gasteiger partial charge in [0.2, 0.25) is 0 Å². The number of carboxylic acid groups (broad SMARTS) is 1. The summed E-state index contributed by atoms with van der Waals surface area (Å²) in [6, 6.07) is 0. The Bertz CT molecular complexity index is 363. The van der Waals surface area contributed by atoms with Gasteiger partial charge in [0, 0.05) is 12.0 Å². The zero-order valence-corrected chi connectivity index (χ0v) is 18.0. The molecule has 0 fully saturated rings. The van der Waals surface area contributed by atoms with Crippen LogP contribution in [-0.2, 0) is 4.79 Å². The summed E-state index contributed by atoms with van der Waals surface area (Å²) < 4.78 is 0.893. The SMILES string of the molecule is C=C(CC[N+](C)(C)CCCCCCCCCCCCCCCC)C(=O)O. The van der Waals surface area contributed by atoms with Crippen molar-refractivity contribution in [2.24, 2.45) is 0 Å². The average molecular weight is 369 g/mol. The van der Waals surface area contributed by atoms with Crippen LogP contribution in [0.1, 0.15) is 103 Å². The molecule has 0 unspecified atom stereocenters. The van der Waals surface area contributed by atoms with Gasteiger partial charge in [-0.25, -0.2) is 4.79 Å². The van der Waals surface area contributed by atoms with Crippen molar-refractivity contribution < 1.29 is 14.4 Å². The van der Waals surface area contributed by atoms with Gasteiger partial charge in [-0.1, -0.05) is 90.6 Å². The van der Waals surface area contributed by atoms with E-state index in [1.165, 1.54) is 89.9 Å². The van der Waals surface area contributed by atoms with Gasteiger partial charge in [0.1, 0.15) is 0 Å². The van der Waals surface area contributed by atoms with Crippen molar-refractivity contribution in [2.45, 2.75) is 103 Å². The molecule has 0 spiro atoms. The first-order valence-corrected chi connectivity index (χ1v) is 11.1. The molecule has 3 nitrogen and oxygen atoms in total. The summed E-state index contributed by atoms with van der Waals surface area (Å²) in [4.78, 5) is 10.8. The molecule has 26 heavy (non-hydrogen) atoms. The number of unbranched alkanes of at least 4 members (excludes halogenated alkanes) is 13. The van der Waals surface area contributed by atoms with Crippen LogP contribution in [0.2, 0.25) is 0 Å². The Morgan fingerprint density at radius 2 is 1.12 bits per heavy atom. The van der Waals surface area contributed by atoms with Gasteiger partial charge in [-0.2, -0.15) is 0 Å². The molecule has 0 aliphatic rings. The molecule has 0 radical (unpaired) electrons. The third kappa shape index (κ3) is 16.6. The van der Waals surface area contributed by atoms with Gasteiger partial charge in [-0.3, -0.25) is 0 Å². The molecular weight excluding hydrogens is 322 g/mol. The van der Waals surface area contributed by atoms with Crippen molar-refractivity contribution in [1.82, 2.24) is 0 Å². The summed E-state index contributed by atoms with van der Waals surface area (Å²) in [5.74, 6) is -0.860. The molecule has 0 atom stereocenters. The minimum Gasteiger partial charge on any atom is -0.478 e. The van der Waals surface area contributed by atoms with Gasteiger partial charge in [-0.15, -0.1) is 0 Å². The summed E-state index contributed by atoms with van der Waals surface area (Å²) in [7, 11) is 4.38. The van der Waals surface area contributed by atoms with Crippen LogP contribution >= 0.6 is 0 Å². The minimum absolute atomic E-state index is 0.331. The molecule has 0 aliphatic carbocycles. The Labute approximate surface area is 163 Å². The summed E-state index contributed by atoms with van der Waals surface area (Å²) in [6.07, 6.45) is 20.0. The monoisotopic (exact) mass is 368 g/mol. The molecule has 154 valence electrons. The third-order valence-electron chi connectivity index (χ3n) is 5.44. The van der Waals surface area contributed by atoms with Crippen LogP contribution in [0, 0.1) is 0 Å². The Hall–Kier alpha value is -0.830. The topological polar surface area (TPSA) is 37.3 Å². The highest BCUT2D eigenvalue weighted by Gasteiger charge is 2.16. The van der Waals surface area contributed by atoms with Crippen molar-refractivity contribution in [2.75, 3.05) is 27.2 Å². The zero-order chi connectivity index (χ0) is 19.7. The van der Waals surface area contributed by atoms with E-state index in [0.717, 1.165) is 17.6 Å². The van der Waals surface area contributed by atoms with Crippen LogP contribution in [0.3, 0.4) is 0 Å². The van der Waals surface area contributed by atoms with Crippen LogP contribution in [0.15, 0.2) is 12.2 Å². The normalized spacial score (nSPS) is 11.7. The fraction of sp³-hybridized carbons (Fsp3) is 0.870. The number of rotatable bonds is 19. The Morgan fingerprint density at radius 3 is 1.50 bits per heavy atom. The molecule has 0 heterocycles. The van der Waals surface area contributed by atoms with E-state index >= 15 is 0 Å². The molecule has 0 saturated carbocycles. The van der Waals surface area contributed by atoms with E-state index in [2.05, 4.69) is 27.6 Å². The van der Waals surface area contributed by atoms with Crippen molar-refractivity contribution in [3.05, 3.63) is 12.2 Å². The highest BCUT2D eigenvalue weighted by atomic mass is 16.4. The number of hydrogen-bond donors (Lipinski definition) is 1. The quantitative estimate of drug-likeness (QED) is 0.159. The molecule has 0 aliphatic heterocycles. The van der Waals surface area contributed by atoms with Crippen molar-refractivity contribution in [1.29, 1.82) is 0 Å². The Balaban J connectivity index is 3.37. The maximum atomic E-state index is 10.8. The summed E-state index contributed by atoms with van der Waals surface area (Å²) >= 11 is 0. The maximum Gasteiger partial charge on any atom is 0.331 e. The smallest absolute Gasteiger partial charge is 0.331 e. The number of carbonyl (C=O) groups is 1. The molecule has 0 amide bonds. The lowest BCUT2D eigenvalue weighted by Crippen LogP contribution is -2.41. The van der Waals surface area contributed by atoms with Gasteiger partial charge in [-0.05, 0) is 12.8 Å². The lowest BCUT2D eigenvalue weighted by atomic mass is 10.0. The van der Waals surface area contributed by atoms with E-state index < -0.39 is 5.97 Å². The molecule has 0 aromatic carbocycles. The zero-order valence-electron chi connectivity index (χ0n) is 18.0. The fourth-order valence-electron chi connectivity index (χ4n) is 3.39. The van der Waals surface area contributed by atoms with Gasteiger partial charge < -0.3 is 9.59 Å². The predicted molar refractivity (Wildman–Crippen MR) is 114 cm³/mol. The number of aliphatic carboxylic acids is 1. The summed E-state index contributed by atoms with van der Waals surface area (Å²) in [6.45, 7) is 7.89. The molecule has 0 aromatic heterocycles. The first-order chi connectivity index (χ1) is 12.4. The van der Waals surface area contributed by atoms with Gasteiger partial charge in [0.15, 0.2) is 0 Å². The summed E-state index contributed by atoms with van der Waals surface area (Å²) in [5, 5.41) is 8.88. The van der Waals surface area contributed by atoms with Crippen LogP contribution in [-0.4, -0.2) is 42.7 Å². The average Bonchev–Trinajstić information content (AvgIpc) is 2.60. The maximum absolute atomic E-state index is 10.8. The second-order valence-corrected chi connectivity index (χ2v) is 8.64. The number of carboxylic acids is 1. The first kappa shape index (κ1) is 25.2. The number of hydrogen-bond acceptors (Lipinski definition) is 1. The standard InChI is InChI=1S/C23H45NO2/c1-5-6-7-8-9-10-11-12-13-14-15-16-17-18-20-24(3,4)21-19-22(2)23(25)26/h2,5-21H2,1,3-4H3/p+1. The van der Waals surface area contributed by atoms with E-state index in [1.54, 1.807) is 0 Å². The Kier molecular flexibility index (Phi) is 15.8. The molecular formula is C23H46NO2+. The molecule has 0 saturated heterocycles. The second kappa shape index (κ2) is 16.4. The first-order valence-electron chi connectivity index (χ1n) is 11.1. The van der Waals surface area contributed by atoms with Gasteiger partial charge in [0.25, 0.3) is 0 Å². The lowest BCUT2D eigenvalue weighted by Gasteiger charge is -2.29. The molecule has 0 aromatic rings. The van der Waals surface area contributed by atoms with Crippen molar-refractivity contribution >= 4 is 5.97 Å². The van der Waals surface area contributed by atoms with Crippen LogP contribution in [0.4, 0.5) is 0 Å². The van der Waals surface area contributed by atoms with Crippen LogP contribution in [0.5, 0.6) is 0 Å².